The topological polar surface area (TPSA) is 54.5 Å². The summed E-state index contributed by atoms with van der Waals surface area (Å²) in [7, 11) is 0. The largest absolute Gasteiger partial charge is 0.463 e. The molecule has 1 aliphatic rings. The predicted octanol–water partition coefficient (Wildman–Crippen LogP) is 2.69. The molecule has 1 N–H and O–H groups in total. The maximum atomic E-state index is 13.3. The van der Waals surface area contributed by atoms with Crippen molar-refractivity contribution in [2.45, 2.75) is 13.1 Å². The number of ether oxygens (including phenoxy) is 1. The van der Waals surface area contributed by atoms with E-state index in [0.717, 1.165) is 12.3 Å². The first-order valence-corrected chi connectivity index (χ1v) is 6.87. The number of allylic oxidation sites excluding steroid dienone is 1. The molecule has 10 heteroatoms. The van der Waals surface area contributed by atoms with Crippen LogP contribution in [0.1, 0.15) is 6.92 Å². The van der Waals surface area contributed by atoms with Crippen LogP contribution < -0.4 is 10.4 Å². The van der Waals surface area contributed by atoms with Crippen molar-refractivity contribution < 1.29 is 27.1 Å². The summed E-state index contributed by atoms with van der Waals surface area (Å²) in [5.74, 6) is -1.99. The Morgan fingerprint density at radius 1 is 1.55 bits per heavy atom. The molecule has 0 bridgehead atoms. The number of hydrogen-bond acceptors (Lipinski definition) is 5. The quantitative estimate of drug-likeness (QED) is 0.642. The standard InChI is InChI=1S/C12H10BrF4N3O2/c1-2-22-11(21)7-5-19-20(9(7)12(15,16)17)10-8(13)3-6(14)4-18-10/h3-4,19H,2,5H2,1H3. The van der Waals surface area contributed by atoms with Crippen LogP contribution in [0.25, 0.3) is 0 Å². The van der Waals surface area contributed by atoms with Gasteiger partial charge in [0.05, 0.1) is 22.8 Å². The van der Waals surface area contributed by atoms with E-state index < -0.39 is 29.2 Å². The summed E-state index contributed by atoms with van der Waals surface area (Å²) in [4.78, 5) is 15.3. The van der Waals surface area contributed by atoms with E-state index in [1.165, 1.54) is 6.92 Å². The molecule has 1 aliphatic heterocycles. The first kappa shape index (κ1) is 16.7. The van der Waals surface area contributed by atoms with Crippen LogP contribution in [-0.4, -0.2) is 30.3 Å². The fraction of sp³-hybridized carbons (Fsp3) is 0.333. The summed E-state index contributed by atoms with van der Waals surface area (Å²) >= 11 is 2.95. The van der Waals surface area contributed by atoms with E-state index in [0.29, 0.717) is 5.01 Å². The van der Waals surface area contributed by atoms with Crippen molar-refractivity contribution in [3.05, 3.63) is 33.8 Å². The molecule has 0 fully saturated rings. The zero-order valence-corrected chi connectivity index (χ0v) is 12.8. The maximum Gasteiger partial charge on any atom is 0.433 e. The normalized spacial score (nSPS) is 15.5. The highest BCUT2D eigenvalue weighted by Gasteiger charge is 2.47. The Hall–Kier alpha value is -1.68. The second-order valence-corrected chi connectivity index (χ2v) is 5.03. The number of aromatic nitrogens is 1. The van der Waals surface area contributed by atoms with Crippen LogP contribution >= 0.6 is 15.9 Å². The molecule has 22 heavy (non-hydrogen) atoms. The number of nitrogens with one attached hydrogen (secondary N) is 1. The number of hydrogen-bond donors (Lipinski definition) is 1. The Morgan fingerprint density at radius 3 is 2.77 bits per heavy atom. The molecule has 1 aromatic heterocycles. The number of hydrazine groups is 1. The van der Waals surface area contributed by atoms with Gasteiger partial charge in [0.2, 0.25) is 0 Å². The second kappa shape index (κ2) is 6.21. The van der Waals surface area contributed by atoms with Crippen LogP contribution in [0.3, 0.4) is 0 Å². The smallest absolute Gasteiger partial charge is 0.433 e. The molecule has 0 aliphatic carbocycles. The Labute approximate surface area is 131 Å². The zero-order valence-electron chi connectivity index (χ0n) is 11.2. The second-order valence-electron chi connectivity index (χ2n) is 4.17. The lowest BCUT2D eigenvalue weighted by molar-refractivity contribution is -0.139. The summed E-state index contributed by atoms with van der Waals surface area (Å²) in [5.41, 5.74) is 0.609. The van der Waals surface area contributed by atoms with Gasteiger partial charge in [-0.3, -0.25) is 5.01 Å². The van der Waals surface area contributed by atoms with Crippen LogP contribution in [0.15, 0.2) is 28.0 Å². The monoisotopic (exact) mass is 383 g/mol. The molecule has 0 saturated carbocycles. The minimum atomic E-state index is -4.82. The van der Waals surface area contributed by atoms with Crippen LogP contribution in [-0.2, 0) is 9.53 Å². The van der Waals surface area contributed by atoms with Crippen molar-refractivity contribution in [3.8, 4) is 0 Å². The fourth-order valence-corrected chi connectivity index (χ4v) is 2.39. The van der Waals surface area contributed by atoms with Crippen molar-refractivity contribution >= 4 is 27.7 Å². The Balaban J connectivity index is 2.50. The van der Waals surface area contributed by atoms with Gasteiger partial charge in [-0.15, -0.1) is 0 Å². The van der Waals surface area contributed by atoms with Gasteiger partial charge in [0.1, 0.15) is 5.82 Å². The van der Waals surface area contributed by atoms with Crippen LogP contribution in [0, 0.1) is 5.82 Å². The van der Waals surface area contributed by atoms with Gasteiger partial charge in [-0.25, -0.2) is 19.6 Å². The van der Waals surface area contributed by atoms with Gasteiger partial charge in [0.15, 0.2) is 11.5 Å². The molecule has 2 heterocycles. The van der Waals surface area contributed by atoms with Gasteiger partial charge in [-0.05, 0) is 28.9 Å². The molecule has 0 atom stereocenters. The lowest BCUT2D eigenvalue weighted by Gasteiger charge is -2.23. The number of esters is 1. The van der Waals surface area contributed by atoms with Crippen LogP contribution in [0.2, 0.25) is 0 Å². The molecule has 120 valence electrons. The summed E-state index contributed by atoms with van der Waals surface area (Å²) in [5, 5.41) is 0.593. The van der Waals surface area contributed by atoms with Gasteiger partial charge in [-0.2, -0.15) is 13.2 Å². The van der Waals surface area contributed by atoms with Crippen molar-refractivity contribution in [2.75, 3.05) is 18.2 Å². The minimum Gasteiger partial charge on any atom is -0.463 e. The van der Waals surface area contributed by atoms with E-state index >= 15 is 0 Å². The van der Waals surface area contributed by atoms with E-state index in [1.54, 1.807) is 0 Å². The number of alkyl halides is 3. The number of pyridine rings is 1. The Bertz CT molecular complexity index is 633. The summed E-state index contributed by atoms with van der Waals surface area (Å²) in [6.07, 6.45) is -4.04. The number of halogens is 5. The molecular weight excluding hydrogens is 374 g/mol. The Kier molecular flexibility index (Phi) is 4.71. The lowest BCUT2D eigenvalue weighted by Crippen LogP contribution is -2.37. The number of anilines is 1. The van der Waals surface area contributed by atoms with Crippen LogP contribution in [0.5, 0.6) is 0 Å². The number of carbonyl (C=O) groups is 1. The Morgan fingerprint density at radius 2 is 2.23 bits per heavy atom. The summed E-state index contributed by atoms with van der Waals surface area (Å²) < 4.78 is 57.5. The first-order valence-electron chi connectivity index (χ1n) is 6.07. The van der Waals surface area contributed by atoms with Gasteiger partial charge in [0, 0.05) is 6.54 Å². The lowest BCUT2D eigenvalue weighted by atomic mass is 10.2. The first-order chi connectivity index (χ1) is 10.3. The van der Waals surface area contributed by atoms with Crippen molar-refractivity contribution in [1.82, 2.24) is 10.4 Å². The number of nitrogens with zero attached hydrogens (tertiary/aromatic N) is 2. The summed E-state index contributed by atoms with van der Waals surface area (Å²) in [6, 6.07) is 0.973. The van der Waals surface area contributed by atoms with Gasteiger partial charge < -0.3 is 4.74 Å². The highest BCUT2D eigenvalue weighted by atomic mass is 79.9. The molecule has 0 amide bonds. The average molecular weight is 384 g/mol. The third-order valence-corrected chi connectivity index (χ3v) is 3.30. The fourth-order valence-electron chi connectivity index (χ4n) is 1.89. The van der Waals surface area contributed by atoms with Gasteiger partial charge in [-0.1, -0.05) is 0 Å². The molecule has 5 nitrogen and oxygen atoms in total. The van der Waals surface area contributed by atoms with E-state index in [-0.39, 0.29) is 23.4 Å². The SMILES string of the molecule is CCOC(=O)C1=C(C(F)(F)F)N(c2ncc(F)cc2Br)NC1. The highest BCUT2D eigenvalue weighted by molar-refractivity contribution is 9.10. The van der Waals surface area contributed by atoms with E-state index in [1.807, 2.05) is 0 Å². The van der Waals surface area contributed by atoms with Crippen LogP contribution in [0.4, 0.5) is 23.4 Å². The van der Waals surface area contributed by atoms with Crippen molar-refractivity contribution in [1.29, 1.82) is 0 Å². The zero-order chi connectivity index (χ0) is 16.5. The molecule has 0 radical (unpaired) electrons. The van der Waals surface area contributed by atoms with E-state index in [9.17, 15) is 22.4 Å². The molecule has 0 aromatic carbocycles. The minimum absolute atomic E-state index is 0.00635. The van der Waals surface area contributed by atoms with Gasteiger partial charge >= 0.3 is 12.1 Å². The van der Waals surface area contributed by atoms with Crippen molar-refractivity contribution in [2.24, 2.45) is 0 Å². The van der Waals surface area contributed by atoms with Crippen molar-refractivity contribution in [3.63, 3.8) is 0 Å². The van der Waals surface area contributed by atoms with Gasteiger partial charge in [0.25, 0.3) is 0 Å². The average Bonchev–Trinajstić information content (AvgIpc) is 2.83. The molecular formula is C12H10BrF4N3O2. The number of rotatable bonds is 3. The highest BCUT2D eigenvalue weighted by Crippen LogP contribution is 2.38. The van der Waals surface area contributed by atoms with E-state index in [4.69, 9.17) is 0 Å². The predicted molar refractivity (Wildman–Crippen MR) is 72.1 cm³/mol. The van der Waals surface area contributed by atoms with E-state index in [2.05, 4.69) is 31.1 Å². The molecule has 2 rings (SSSR count). The molecule has 0 saturated heterocycles. The third kappa shape index (κ3) is 3.22. The third-order valence-electron chi connectivity index (χ3n) is 2.71. The molecule has 1 aromatic rings. The molecule has 0 spiro atoms. The maximum absolute atomic E-state index is 13.3. The summed E-state index contributed by atoms with van der Waals surface area (Å²) in [6.45, 7) is 1.06. The molecule has 0 unspecified atom stereocenters. The number of carbonyl (C=O) groups excluding carboxylic acids is 1.